The summed E-state index contributed by atoms with van der Waals surface area (Å²) in [5.74, 6) is 0. The maximum Gasteiger partial charge on any atom is 0.328 e. The van der Waals surface area contributed by atoms with Gasteiger partial charge in [0, 0.05) is 23.9 Å². The molecule has 6 nitrogen and oxygen atoms in total. The van der Waals surface area contributed by atoms with Crippen LogP contribution in [0.3, 0.4) is 0 Å². The van der Waals surface area contributed by atoms with Crippen molar-refractivity contribution in [1.82, 2.24) is 9.13 Å². The summed E-state index contributed by atoms with van der Waals surface area (Å²) in [6.07, 6.45) is 0. The second-order valence-corrected chi connectivity index (χ2v) is 10.4. The molecule has 1 aromatic heterocycles. The van der Waals surface area contributed by atoms with Crippen LogP contribution in [0.2, 0.25) is 0 Å². The van der Waals surface area contributed by atoms with Crippen LogP contribution in [0.1, 0.15) is 11.1 Å². The summed E-state index contributed by atoms with van der Waals surface area (Å²) in [7, 11) is -0.429. The highest BCUT2D eigenvalue weighted by Crippen LogP contribution is 2.37. The number of aryl methyl sites for hydroxylation is 4. The monoisotopic (exact) mass is 453 g/mol. The minimum Gasteiger partial charge on any atom is -0.295 e. The Hall–Kier alpha value is -2.97. The lowest BCUT2D eigenvalue weighted by molar-refractivity contribution is 0.601. The number of aromatic nitrogens is 2. The molecule has 0 fully saturated rings. The van der Waals surface area contributed by atoms with Gasteiger partial charge >= 0.3 is 5.69 Å². The van der Waals surface area contributed by atoms with Crippen LogP contribution in [-0.4, -0.2) is 17.6 Å². The maximum atomic E-state index is 13.2. The lowest BCUT2D eigenvalue weighted by atomic mass is 10.2. The Bertz CT molecular complexity index is 1430. The van der Waals surface area contributed by atoms with Crippen molar-refractivity contribution in [2.45, 2.75) is 28.5 Å². The molecule has 0 aliphatic carbocycles. The van der Waals surface area contributed by atoms with E-state index in [2.05, 4.69) is 4.72 Å². The van der Waals surface area contributed by atoms with E-state index in [4.69, 9.17) is 0 Å². The van der Waals surface area contributed by atoms with E-state index >= 15 is 0 Å². The molecule has 4 rings (SSSR count). The number of hydrogen-bond acceptors (Lipinski definition) is 4. The van der Waals surface area contributed by atoms with Gasteiger partial charge in [-0.15, -0.1) is 0 Å². The molecule has 0 atom stereocenters. The highest BCUT2D eigenvalue weighted by Gasteiger charge is 2.20. The van der Waals surface area contributed by atoms with Gasteiger partial charge in [0.25, 0.3) is 10.0 Å². The van der Waals surface area contributed by atoms with Crippen molar-refractivity contribution >= 4 is 38.5 Å². The van der Waals surface area contributed by atoms with Crippen molar-refractivity contribution in [3.63, 3.8) is 0 Å². The molecule has 0 bridgehead atoms. The van der Waals surface area contributed by atoms with Gasteiger partial charge in [-0.25, -0.2) is 13.2 Å². The molecule has 1 N–H and O–H groups in total. The molecule has 3 aromatic carbocycles. The minimum atomic E-state index is -3.82. The van der Waals surface area contributed by atoms with Crippen molar-refractivity contribution in [1.29, 1.82) is 0 Å². The smallest absolute Gasteiger partial charge is 0.295 e. The lowest BCUT2D eigenvalue weighted by Crippen LogP contribution is -2.19. The fraction of sp³-hybridized carbons (Fsp3) is 0.174. The van der Waals surface area contributed by atoms with E-state index in [-0.39, 0.29) is 10.6 Å². The van der Waals surface area contributed by atoms with Crippen molar-refractivity contribution in [2.75, 3.05) is 4.72 Å². The summed E-state index contributed by atoms with van der Waals surface area (Å²) in [5, 5.41) is 0. The van der Waals surface area contributed by atoms with Crippen LogP contribution in [0.5, 0.6) is 0 Å². The van der Waals surface area contributed by atoms with E-state index in [1.807, 2.05) is 56.3 Å². The van der Waals surface area contributed by atoms with Crippen LogP contribution in [0, 0.1) is 13.8 Å². The number of rotatable bonds is 5. The first-order valence-electron chi connectivity index (χ1n) is 9.69. The molecular weight excluding hydrogens is 430 g/mol. The highest BCUT2D eigenvalue weighted by atomic mass is 32.2. The third kappa shape index (κ3) is 4.13. The summed E-state index contributed by atoms with van der Waals surface area (Å²) in [6, 6.07) is 18.5. The van der Waals surface area contributed by atoms with Gasteiger partial charge in [-0.05, 0) is 61.4 Å². The zero-order chi connectivity index (χ0) is 22.3. The zero-order valence-electron chi connectivity index (χ0n) is 17.7. The Balaban J connectivity index is 1.87. The molecule has 0 spiro atoms. The fourth-order valence-electron chi connectivity index (χ4n) is 3.60. The molecule has 0 saturated heterocycles. The zero-order valence-corrected chi connectivity index (χ0v) is 19.3. The van der Waals surface area contributed by atoms with Crippen LogP contribution in [0.4, 0.5) is 5.69 Å². The number of fused-ring (bicyclic) bond motifs is 1. The first-order chi connectivity index (χ1) is 14.7. The van der Waals surface area contributed by atoms with Gasteiger partial charge in [0.05, 0.1) is 21.6 Å². The number of nitrogens with one attached hydrogen (secondary N) is 1. The van der Waals surface area contributed by atoms with E-state index < -0.39 is 10.0 Å². The third-order valence-electron chi connectivity index (χ3n) is 5.09. The van der Waals surface area contributed by atoms with Gasteiger partial charge in [0.15, 0.2) is 0 Å². The first kappa shape index (κ1) is 21.3. The number of anilines is 1. The Morgan fingerprint density at radius 2 is 1.42 bits per heavy atom. The molecule has 0 radical (unpaired) electrons. The van der Waals surface area contributed by atoms with E-state index in [0.717, 1.165) is 21.5 Å². The van der Waals surface area contributed by atoms with E-state index in [9.17, 15) is 13.2 Å². The molecule has 0 amide bonds. The number of benzene rings is 3. The fourth-order valence-corrected chi connectivity index (χ4v) is 5.86. The second kappa shape index (κ2) is 7.94. The van der Waals surface area contributed by atoms with Crippen molar-refractivity contribution in [3.8, 4) is 0 Å². The molecular formula is C23H23N3O3S2. The molecule has 1 heterocycles. The SMILES string of the molecule is Cc1cc(C)cc(S(=O)(=O)Nc2cc3c(cc2Sc2ccccc2)n(C)c(=O)n3C)c1. The van der Waals surface area contributed by atoms with Gasteiger partial charge in [-0.2, -0.15) is 0 Å². The highest BCUT2D eigenvalue weighted by molar-refractivity contribution is 7.99. The Morgan fingerprint density at radius 1 is 0.839 bits per heavy atom. The van der Waals surface area contributed by atoms with Crippen LogP contribution in [-0.2, 0) is 24.1 Å². The molecule has 160 valence electrons. The van der Waals surface area contributed by atoms with Crippen LogP contribution < -0.4 is 10.4 Å². The Labute approximate surface area is 185 Å². The Morgan fingerprint density at radius 3 is 2.03 bits per heavy atom. The number of nitrogens with zero attached hydrogens (tertiary/aromatic N) is 2. The lowest BCUT2D eigenvalue weighted by Gasteiger charge is -2.14. The van der Waals surface area contributed by atoms with Crippen LogP contribution >= 0.6 is 11.8 Å². The maximum absolute atomic E-state index is 13.2. The summed E-state index contributed by atoms with van der Waals surface area (Å²) >= 11 is 1.44. The van der Waals surface area contributed by atoms with Gasteiger partial charge < -0.3 is 0 Å². The van der Waals surface area contributed by atoms with Gasteiger partial charge in [0.2, 0.25) is 0 Å². The average Bonchev–Trinajstić information content (AvgIpc) is 2.92. The molecule has 0 saturated carbocycles. The molecule has 0 unspecified atom stereocenters. The number of imidazole rings is 1. The number of hydrogen-bond donors (Lipinski definition) is 1. The van der Waals surface area contributed by atoms with Crippen molar-refractivity contribution in [3.05, 3.63) is 82.3 Å². The standard InChI is InChI=1S/C23H23N3O3S2/c1-15-10-16(2)12-18(11-15)31(28,29)24-19-13-20-21(26(4)23(27)25(20)3)14-22(19)30-17-8-6-5-7-9-17/h5-14,24H,1-4H3. The van der Waals surface area contributed by atoms with Gasteiger partial charge in [-0.3, -0.25) is 13.9 Å². The van der Waals surface area contributed by atoms with Crippen molar-refractivity contribution in [2.24, 2.45) is 14.1 Å². The summed E-state index contributed by atoms with van der Waals surface area (Å²) in [5.41, 5.74) is 3.41. The largest absolute Gasteiger partial charge is 0.328 e. The van der Waals surface area contributed by atoms with Crippen LogP contribution in [0.25, 0.3) is 11.0 Å². The summed E-state index contributed by atoms with van der Waals surface area (Å²) < 4.78 is 32.2. The predicted molar refractivity (Wildman–Crippen MR) is 125 cm³/mol. The summed E-state index contributed by atoms with van der Waals surface area (Å²) in [6.45, 7) is 3.74. The first-order valence-corrected chi connectivity index (χ1v) is 12.0. The van der Waals surface area contributed by atoms with Gasteiger partial charge in [-0.1, -0.05) is 36.0 Å². The van der Waals surface area contributed by atoms with E-state index in [1.165, 1.54) is 16.3 Å². The van der Waals surface area contributed by atoms with E-state index in [0.29, 0.717) is 16.1 Å². The van der Waals surface area contributed by atoms with Crippen molar-refractivity contribution < 1.29 is 8.42 Å². The third-order valence-corrected chi connectivity index (χ3v) is 7.50. The van der Waals surface area contributed by atoms with Crippen LogP contribution in [0.15, 0.2) is 80.1 Å². The molecule has 8 heteroatoms. The quantitative estimate of drug-likeness (QED) is 0.485. The average molecular weight is 454 g/mol. The molecule has 0 aliphatic rings. The molecule has 4 aromatic rings. The topological polar surface area (TPSA) is 73.1 Å². The predicted octanol–water partition coefficient (Wildman–Crippen LogP) is 4.45. The normalized spacial score (nSPS) is 11.7. The van der Waals surface area contributed by atoms with E-state index in [1.54, 1.807) is 36.9 Å². The molecule has 0 aliphatic heterocycles. The summed E-state index contributed by atoms with van der Waals surface area (Å²) in [4.78, 5) is 14.3. The van der Waals surface area contributed by atoms with Gasteiger partial charge in [0.1, 0.15) is 0 Å². The minimum absolute atomic E-state index is 0.167. The Kier molecular flexibility index (Phi) is 5.45. The second-order valence-electron chi connectivity index (χ2n) is 7.58. The number of sulfonamides is 1. The molecule has 31 heavy (non-hydrogen) atoms.